The van der Waals surface area contributed by atoms with Gasteiger partial charge in [0.25, 0.3) is 0 Å². The summed E-state index contributed by atoms with van der Waals surface area (Å²) in [6.07, 6.45) is 0. The number of benzene rings is 2. The molecule has 2 aromatic carbocycles. The molecule has 6 heteroatoms. The Morgan fingerprint density at radius 2 is 1.87 bits per heavy atom. The normalized spacial score (nSPS) is 12.2. The predicted octanol–water partition coefficient (Wildman–Crippen LogP) is 5.54. The van der Waals surface area contributed by atoms with E-state index in [0.717, 1.165) is 23.4 Å². The largest absolute Gasteiger partial charge is 0.478 e. The number of carboxylic acid groups (broad SMARTS) is 1. The van der Waals surface area contributed by atoms with Crippen LogP contribution in [0.4, 0.5) is 4.39 Å². The highest BCUT2D eigenvalue weighted by Crippen LogP contribution is 2.26. The van der Waals surface area contributed by atoms with Crippen LogP contribution in [-0.2, 0) is 13.1 Å². The van der Waals surface area contributed by atoms with E-state index >= 15 is 0 Å². The van der Waals surface area contributed by atoms with Crippen LogP contribution >= 0.6 is 11.6 Å². The van der Waals surface area contributed by atoms with Crippen LogP contribution in [0.3, 0.4) is 0 Å². The van der Waals surface area contributed by atoms with Gasteiger partial charge < -0.3 is 15.0 Å². The van der Waals surface area contributed by atoms with E-state index in [1.165, 1.54) is 17.7 Å². The van der Waals surface area contributed by atoms with E-state index in [4.69, 9.17) is 11.6 Å². The summed E-state index contributed by atoms with van der Waals surface area (Å²) in [5.74, 6) is -1.04. The summed E-state index contributed by atoms with van der Waals surface area (Å²) in [6, 6.07) is 14.5. The third kappa shape index (κ3) is 4.74. The van der Waals surface area contributed by atoms with Gasteiger partial charge in [0.1, 0.15) is 5.82 Å². The number of aromatic carboxylic acids is 1. The van der Waals surface area contributed by atoms with E-state index in [2.05, 4.69) is 24.4 Å². The molecule has 0 saturated carbocycles. The maximum Gasteiger partial charge on any atom is 0.337 e. The lowest BCUT2D eigenvalue weighted by Gasteiger charge is -2.14. The predicted molar refractivity (Wildman–Crippen MR) is 118 cm³/mol. The van der Waals surface area contributed by atoms with Crippen molar-refractivity contribution in [2.24, 2.45) is 0 Å². The topological polar surface area (TPSA) is 54.3 Å². The van der Waals surface area contributed by atoms with Crippen molar-refractivity contribution < 1.29 is 14.3 Å². The molecule has 3 aromatic rings. The summed E-state index contributed by atoms with van der Waals surface area (Å²) in [7, 11) is 0. The smallest absolute Gasteiger partial charge is 0.337 e. The van der Waals surface area contributed by atoms with Crippen LogP contribution in [0.2, 0.25) is 5.02 Å². The first-order valence-electron chi connectivity index (χ1n) is 9.91. The standard InChI is InChI=1S/C24H26ClFN2O2/c1-15(18-7-5-4-6-8-18)12-27-13-21-16(2)28(17(3)23(21)24(29)30)14-19-9-10-20(26)11-22(19)25/h4-11,15,27H,12-14H2,1-3H3,(H,29,30)/t15-/m1/s1. The average Bonchev–Trinajstić information content (AvgIpc) is 2.94. The van der Waals surface area contributed by atoms with Gasteiger partial charge in [-0.1, -0.05) is 54.9 Å². The van der Waals surface area contributed by atoms with Crippen molar-refractivity contribution in [1.29, 1.82) is 0 Å². The molecule has 1 aromatic heterocycles. The molecule has 0 radical (unpaired) electrons. The fourth-order valence-corrected chi connectivity index (χ4v) is 4.05. The summed E-state index contributed by atoms with van der Waals surface area (Å²) in [5, 5.41) is 13.5. The highest BCUT2D eigenvalue weighted by atomic mass is 35.5. The quantitative estimate of drug-likeness (QED) is 0.495. The molecule has 0 amide bonds. The van der Waals surface area contributed by atoms with Crippen molar-refractivity contribution in [1.82, 2.24) is 9.88 Å². The van der Waals surface area contributed by atoms with Gasteiger partial charge >= 0.3 is 5.97 Å². The molecule has 0 saturated heterocycles. The minimum absolute atomic E-state index is 0.306. The molecular weight excluding hydrogens is 403 g/mol. The van der Waals surface area contributed by atoms with E-state index in [1.807, 2.05) is 29.7 Å². The van der Waals surface area contributed by atoms with Crippen LogP contribution in [0.5, 0.6) is 0 Å². The van der Waals surface area contributed by atoms with Crippen LogP contribution in [0, 0.1) is 19.7 Å². The first-order chi connectivity index (χ1) is 14.3. The first kappa shape index (κ1) is 22.1. The average molecular weight is 429 g/mol. The minimum atomic E-state index is -0.951. The van der Waals surface area contributed by atoms with Gasteiger partial charge in [-0.15, -0.1) is 0 Å². The Kier molecular flexibility index (Phi) is 6.95. The van der Waals surface area contributed by atoms with Crippen molar-refractivity contribution in [3.05, 3.63) is 93.0 Å². The third-order valence-corrected chi connectivity index (χ3v) is 5.94. The highest BCUT2D eigenvalue weighted by Gasteiger charge is 2.23. The van der Waals surface area contributed by atoms with Crippen molar-refractivity contribution in [2.45, 2.75) is 39.8 Å². The lowest BCUT2D eigenvalue weighted by Crippen LogP contribution is -2.21. The zero-order valence-electron chi connectivity index (χ0n) is 17.4. The highest BCUT2D eigenvalue weighted by molar-refractivity contribution is 6.31. The molecule has 0 aliphatic heterocycles. The van der Waals surface area contributed by atoms with Gasteiger partial charge in [0, 0.05) is 41.6 Å². The van der Waals surface area contributed by atoms with E-state index in [9.17, 15) is 14.3 Å². The van der Waals surface area contributed by atoms with Crippen molar-refractivity contribution in [3.63, 3.8) is 0 Å². The Morgan fingerprint density at radius 1 is 1.17 bits per heavy atom. The lowest BCUT2D eigenvalue weighted by molar-refractivity contribution is 0.0694. The number of carboxylic acids is 1. The van der Waals surface area contributed by atoms with Crippen LogP contribution in [0.15, 0.2) is 48.5 Å². The van der Waals surface area contributed by atoms with E-state index < -0.39 is 11.8 Å². The maximum absolute atomic E-state index is 13.4. The Labute approximate surface area is 181 Å². The van der Waals surface area contributed by atoms with Gasteiger partial charge in [0.15, 0.2) is 0 Å². The molecule has 30 heavy (non-hydrogen) atoms. The SMILES string of the molecule is Cc1c(CNC[C@@H](C)c2ccccc2)c(C(=O)O)c(C)n1Cc1ccc(F)cc1Cl. The minimum Gasteiger partial charge on any atom is -0.478 e. The molecule has 2 N–H and O–H groups in total. The third-order valence-electron chi connectivity index (χ3n) is 5.59. The van der Waals surface area contributed by atoms with Gasteiger partial charge in [-0.05, 0) is 43.0 Å². The van der Waals surface area contributed by atoms with Crippen molar-refractivity contribution in [3.8, 4) is 0 Å². The molecule has 1 heterocycles. The number of rotatable bonds is 8. The summed E-state index contributed by atoms with van der Waals surface area (Å²) in [5.41, 5.74) is 4.58. The number of nitrogens with zero attached hydrogens (tertiary/aromatic N) is 1. The van der Waals surface area contributed by atoms with E-state index in [0.29, 0.717) is 35.3 Å². The number of halogens is 2. The van der Waals surface area contributed by atoms with Gasteiger partial charge in [0.2, 0.25) is 0 Å². The first-order valence-corrected chi connectivity index (χ1v) is 10.3. The van der Waals surface area contributed by atoms with Gasteiger partial charge in [-0.2, -0.15) is 0 Å². The molecule has 0 aliphatic carbocycles. The number of aromatic nitrogens is 1. The van der Waals surface area contributed by atoms with Gasteiger partial charge in [-0.3, -0.25) is 0 Å². The fourth-order valence-electron chi connectivity index (χ4n) is 3.82. The Morgan fingerprint density at radius 3 is 2.50 bits per heavy atom. The molecular formula is C24H26ClFN2O2. The zero-order valence-corrected chi connectivity index (χ0v) is 18.1. The molecule has 0 fully saturated rings. The Balaban J connectivity index is 1.82. The van der Waals surface area contributed by atoms with E-state index in [-0.39, 0.29) is 0 Å². The van der Waals surface area contributed by atoms with E-state index in [1.54, 1.807) is 13.0 Å². The van der Waals surface area contributed by atoms with Crippen molar-refractivity contribution >= 4 is 17.6 Å². The fraction of sp³-hybridized carbons (Fsp3) is 0.292. The van der Waals surface area contributed by atoms with Gasteiger partial charge in [-0.25, -0.2) is 9.18 Å². The monoisotopic (exact) mass is 428 g/mol. The molecule has 0 spiro atoms. The van der Waals surface area contributed by atoms with Crippen LogP contribution < -0.4 is 5.32 Å². The number of nitrogens with one attached hydrogen (secondary N) is 1. The lowest BCUT2D eigenvalue weighted by atomic mass is 10.0. The second-order valence-corrected chi connectivity index (χ2v) is 8.00. The Hall–Kier alpha value is -2.63. The maximum atomic E-state index is 13.4. The molecule has 1 atom stereocenters. The number of carbonyl (C=O) groups is 1. The molecule has 0 unspecified atom stereocenters. The number of hydrogen-bond acceptors (Lipinski definition) is 2. The zero-order chi connectivity index (χ0) is 21.8. The van der Waals surface area contributed by atoms with Crippen molar-refractivity contribution in [2.75, 3.05) is 6.54 Å². The molecule has 4 nitrogen and oxygen atoms in total. The number of hydrogen-bond donors (Lipinski definition) is 2. The van der Waals surface area contributed by atoms with Crippen LogP contribution in [0.1, 0.15) is 51.3 Å². The second kappa shape index (κ2) is 9.45. The summed E-state index contributed by atoms with van der Waals surface area (Å²) >= 11 is 6.19. The van der Waals surface area contributed by atoms with Gasteiger partial charge in [0.05, 0.1) is 5.56 Å². The molecule has 0 aliphatic rings. The Bertz CT molecular complexity index is 1050. The molecule has 3 rings (SSSR count). The molecule has 0 bridgehead atoms. The summed E-state index contributed by atoms with van der Waals surface area (Å²) in [4.78, 5) is 12.0. The second-order valence-electron chi connectivity index (χ2n) is 7.59. The van der Waals surface area contributed by atoms with Crippen LogP contribution in [-0.4, -0.2) is 22.2 Å². The summed E-state index contributed by atoms with van der Waals surface area (Å²) < 4.78 is 15.3. The summed E-state index contributed by atoms with van der Waals surface area (Å²) in [6.45, 7) is 7.42. The molecule has 158 valence electrons. The van der Waals surface area contributed by atoms with Crippen LogP contribution in [0.25, 0.3) is 0 Å².